The van der Waals surface area contributed by atoms with Crippen LogP contribution in [0.2, 0.25) is 0 Å². The van der Waals surface area contributed by atoms with Gasteiger partial charge in [-0.1, -0.05) is 17.7 Å². The number of pyridine rings is 1. The number of benzene rings is 2. The maximum absolute atomic E-state index is 12.8. The van der Waals surface area contributed by atoms with E-state index in [0.717, 1.165) is 39.0 Å². The van der Waals surface area contributed by atoms with Gasteiger partial charge in [-0.2, -0.15) is 0 Å². The van der Waals surface area contributed by atoms with E-state index >= 15 is 0 Å². The molecule has 0 aliphatic carbocycles. The number of carbonyl (C=O) groups is 1. The normalized spacial score (nSPS) is 12.4. The van der Waals surface area contributed by atoms with Crippen LogP contribution in [0.3, 0.4) is 0 Å². The van der Waals surface area contributed by atoms with Crippen LogP contribution in [0.1, 0.15) is 32.7 Å². The number of rotatable bonds is 3. The first-order valence-corrected chi connectivity index (χ1v) is 8.56. The molecule has 1 aliphatic heterocycles. The van der Waals surface area contributed by atoms with E-state index in [0.29, 0.717) is 17.9 Å². The molecule has 0 fully saturated rings. The van der Waals surface area contributed by atoms with Crippen molar-refractivity contribution in [3.63, 3.8) is 0 Å². The molecule has 4 rings (SSSR count). The van der Waals surface area contributed by atoms with Crippen LogP contribution in [-0.2, 0) is 6.54 Å². The number of hydrogen-bond acceptors (Lipinski definition) is 4. The van der Waals surface area contributed by atoms with Crippen LogP contribution < -0.4 is 14.8 Å². The summed E-state index contributed by atoms with van der Waals surface area (Å²) in [6.07, 6.45) is 0. The summed E-state index contributed by atoms with van der Waals surface area (Å²) in [5.74, 6) is 1.35. The van der Waals surface area contributed by atoms with Crippen molar-refractivity contribution >= 4 is 16.8 Å². The number of hydrogen-bond donors (Lipinski definition) is 1. The highest BCUT2D eigenvalue weighted by molar-refractivity contribution is 6.07. The van der Waals surface area contributed by atoms with Crippen molar-refractivity contribution in [3.8, 4) is 11.5 Å². The Bertz CT molecular complexity index is 1030. The minimum atomic E-state index is -0.108. The summed E-state index contributed by atoms with van der Waals surface area (Å²) in [7, 11) is 0. The summed E-state index contributed by atoms with van der Waals surface area (Å²) in [6.45, 7) is 6.62. The fourth-order valence-electron chi connectivity index (χ4n) is 3.33. The number of ether oxygens (including phenoxy) is 2. The van der Waals surface area contributed by atoms with E-state index in [1.807, 2.05) is 51.1 Å². The van der Waals surface area contributed by atoms with Gasteiger partial charge in [0.2, 0.25) is 6.79 Å². The highest BCUT2D eigenvalue weighted by Crippen LogP contribution is 2.32. The van der Waals surface area contributed by atoms with Crippen LogP contribution in [0.15, 0.2) is 36.4 Å². The summed E-state index contributed by atoms with van der Waals surface area (Å²) in [5.41, 5.74) is 5.52. The lowest BCUT2D eigenvalue weighted by Gasteiger charge is -2.12. The van der Waals surface area contributed by atoms with Gasteiger partial charge in [0.15, 0.2) is 11.5 Å². The molecule has 0 saturated carbocycles. The smallest absolute Gasteiger partial charge is 0.252 e. The van der Waals surface area contributed by atoms with Crippen LogP contribution in [0.25, 0.3) is 10.9 Å². The molecule has 5 heteroatoms. The Balaban J connectivity index is 1.62. The molecule has 1 amide bonds. The van der Waals surface area contributed by atoms with E-state index in [1.165, 1.54) is 0 Å². The van der Waals surface area contributed by atoms with Crippen molar-refractivity contribution in [2.75, 3.05) is 6.79 Å². The van der Waals surface area contributed by atoms with Crippen molar-refractivity contribution in [2.45, 2.75) is 27.3 Å². The molecule has 0 atom stereocenters. The summed E-state index contributed by atoms with van der Waals surface area (Å²) >= 11 is 0. The topological polar surface area (TPSA) is 60.5 Å². The Morgan fingerprint density at radius 3 is 2.73 bits per heavy atom. The Kier molecular flexibility index (Phi) is 3.99. The number of aryl methyl sites for hydroxylation is 3. The summed E-state index contributed by atoms with van der Waals surface area (Å²) in [5, 5.41) is 3.89. The highest BCUT2D eigenvalue weighted by atomic mass is 16.7. The van der Waals surface area contributed by atoms with Crippen molar-refractivity contribution in [2.24, 2.45) is 0 Å². The van der Waals surface area contributed by atoms with Gasteiger partial charge in [-0.15, -0.1) is 0 Å². The maximum atomic E-state index is 12.8. The van der Waals surface area contributed by atoms with Gasteiger partial charge in [-0.25, -0.2) is 0 Å². The largest absolute Gasteiger partial charge is 0.454 e. The zero-order chi connectivity index (χ0) is 18.3. The molecule has 132 valence electrons. The van der Waals surface area contributed by atoms with Gasteiger partial charge in [-0.05, 0) is 56.2 Å². The number of amides is 1. The van der Waals surface area contributed by atoms with Crippen molar-refractivity contribution in [3.05, 3.63) is 64.3 Å². The molecule has 0 spiro atoms. The molecule has 1 aliphatic rings. The fraction of sp³-hybridized carbons (Fsp3) is 0.238. The minimum Gasteiger partial charge on any atom is -0.454 e. The van der Waals surface area contributed by atoms with Crippen LogP contribution >= 0.6 is 0 Å². The van der Waals surface area contributed by atoms with E-state index in [4.69, 9.17) is 9.47 Å². The Hall–Kier alpha value is -3.08. The van der Waals surface area contributed by atoms with Gasteiger partial charge < -0.3 is 14.8 Å². The lowest BCUT2D eigenvalue weighted by atomic mass is 10.0. The monoisotopic (exact) mass is 348 g/mol. The molecular weight excluding hydrogens is 328 g/mol. The van der Waals surface area contributed by atoms with Crippen molar-refractivity contribution in [1.82, 2.24) is 10.3 Å². The van der Waals surface area contributed by atoms with Crippen LogP contribution in [0.4, 0.5) is 0 Å². The van der Waals surface area contributed by atoms with Crippen molar-refractivity contribution in [1.29, 1.82) is 0 Å². The number of aromatic nitrogens is 1. The summed E-state index contributed by atoms with van der Waals surface area (Å²) in [4.78, 5) is 17.5. The first kappa shape index (κ1) is 16.4. The van der Waals surface area contributed by atoms with Crippen LogP contribution in [-0.4, -0.2) is 17.7 Å². The zero-order valence-corrected chi connectivity index (χ0v) is 15.1. The van der Waals surface area contributed by atoms with Gasteiger partial charge in [0.05, 0.1) is 11.1 Å². The maximum Gasteiger partial charge on any atom is 0.252 e. The molecule has 1 N–H and O–H groups in total. The third-order valence-electron chi connectivity index (χ3n) is 4.51. The quantitative estimate of drug-likeness (QED) is 0.782. The molecule has 0 saturated heterocycles. The first-order valence-electron chi connectivity index (χ1n) is 8.56. The molecule has 3 aromatic rings. The molecule has 0 radical (unpaired) electrons. The SMILES string of the molecule is Cc1cc(C)c2nc(C)cc(C(=O)NCc3ccc4c(c3)OCO4)c2c1. The second-order valence-electron chi connectivity index (χ2n) is 6.66. The third kappa shape index (κ3) is 2.96. The molecule has 1 aromatic heterocycles. The molecule has 5 nitrogen and oxygen atoms in total. The van der Waals surface area contributed by atoms with Gasteiger partial charge in [0.25, 0.3) is 5.91 Å². The van der Waals surface area contributed by atoms with E-state index in [-0.39, 0.29) is 12.7 Å². The highest BCUT2D eigenvalue weighted by Gasteiger charge is 2.16. The first-order chi connectivity index (χ1) is 12.5. The number of nitrogens with zero attached hydrogens (tertiary/aromatic N) is 1. The standard InChI is InChI=1S/C21H20N2O3/c1-12-6-13(2)20-16(7-12)17(8-14(3)23-20)21(24)22-10-15-4-5-18-19(9-15)26-11-25-18/h4-9H,10-11H2,1-3H3,(H,22,24). The Morgan fingerprint density at radius 2 is 1.88 bits per heavy atom. The van der Waals surface area contributed by atoms with Gasteiger partial charge >= 0.3 is 0 Å². The predicted octanol–water partition coefficient (Wildman–Crippen LogP) is 3.82. The van der Waals surface area contributed by atoms with Crippen LogP contribution in [0, 0.1) is 20.8 Å². The average molecular weight is 348 g/mol. The second kappa shape index (κ2) is 6.33. The third-order valence-corrected chi connectivity index (χ3v) is 4.51. The zero-order valence-electron chi connectivity index (χ0n) is 15.1. The van der Waals surface area contributed by atoms with E-state index in [1.54, 1.807) is 0 Å². The molecule has 26 heavy (non-hydrogen) atoms. The molecule has 0 bridgehead atoms. The van der Waals surface area contributed by atoms with Gasteiger partial charge in [0.1, 0.15) is 0 Å². The molecule has 0 unspecified atom stereocenters. The predicted molar refractivity (Wildman–Crippen MR) is 99.7 cm³/mol. The Labute approximate surface area is 152 Å². The number of nitrogens with one attached hydrogen (secondary N) is 1. The number of carbonyl (C=O) groups excluding carboxylic acids is 1. The molecule has 2 heterocycles. The second-order valence-corrected chi connectivity index (χ2v) is 6.66. The summed E-state index contributed by atoms with van der Waals surface area (Å²) < 4.78 is 10.7. The molecule has 2 aromatic carbocycles. The Morgan fingerprint density at radius 1 is 1.08 bits per heavy atom. The van der Waals surface area contributed by atoms with Crippen molar-refractivity contribution < 1.29 is 14.3 Å². The van der Waals surface area contributed by atoms with E-state index in [9.17, 15) is 4.79 Å². The van der Waals surface area contributed by atoms with Gasteiger partial charge in [0, 0.05) is 17.6 Å². The molecular formula is C21H20N2O3. The lowest BCUT2D eigenvalue weighted by molar-refractivity contribution is 0.0952. The number of fused-ring (bicyclic) bond motifs is 2. The van der Waals surface area contributed by atoms with Crippen LogP contribution in [0.5, 0.6) is 11.5 Å². The lowest BCUT2D eigenvalue weighted by Crippen LogP contribution is -2.23. The fourth-order valence-corrected chi connectivity index (χ4v) is 3.33. The average Bonchev–Trinajstić information content (AvgIpc) is 3.07. The van der Waals surface area contributed by atoms with E-state index in [2.05, 4.69) is 16.4 Å². The van der Waals surface area contributed by atoms with Gasteiger partial charge in [-0.3, -0.25) is 9.78 Å². The van der Waals surface area contributed by atoms with E-state index < -0.39 is 0 Å². The minimum absolute atomic E-state index is 0.108. The summed E-state index contributed by atoms with van der Waals surface area (Å²) in [6, 6.07) is 11.6.